The number of fused-ring (bicyclic) bond motifs is 1. The van der Waals surface area contributed by atoms with Crippen molar-refractivity contribution in [3.05, 3.63) is 57.7 Å². The van der Waals surface area contributed by atoms with Crippen LogP contribution in [0.3, 0.4) is 0 Å². The number of benzene rings is 1. The Kier molecular flexibility index (Phi) is 8.57. The van der Waals surface area contributed by atoms with Crippen LogP contribution in [0, 0.1) is 11.3 Å². The number of nitriles is 1. The number of amides is 1. The topological polar surface area (TPSA) is 88.8 Å². The maximum atomic E-state index is 12.4. The van der Waals surface area contributed by atoms with Crippen LogP contribution in [0.4, 0.5) is 5.82 Å². The number of carbonyl (C=O) groups excluding carboxylic acids is 1. The van der Waals surface area contributed by atoms with E-state index in [1.807, 2.05) is 18.2 Å². The number of halogens is 2. The van der Waals surface area contributed by atoms with Crippen molar-refractivity contribution in [2.24, 2.45) is 0 Å². The van der Waals surface area contributed by atoms with Crippen LogP contribution in [-0.2, 0) is 24.4 Å². The van der Waals surface area contributed by atoms with E-state index < -0.39 is 0 Å². The summed E-state index contributed by atoms with van der Waals surface area (Å²) in [7, 11) is 2.12. The van der Waals surface area contributed by atoms with E-state index in [-0.39, 0.29) is 18.4 Å². The summed E-state index contributed by atoms with van der Waals surface area (Å²) in [5.74, 6) is 0.645. The zero-order valence-corrected chi connectivity index (χ0v) is 23.7. The van der Waals surface area contributed by atoms with Gasteiger partial charge in [0.15, 0.2) is 0 Å². The fourth-order valence-electron chi connectivity index (χ4n) is 5.72. The molecule has 0 N–H and O–H groups in total. The molecule has 0 unspecified atom stereocenters. The predicted octanol–water partition coefficient (Wildman–Crippen LogP) is 3.89. The van der Waals surface area contributed by atoms with Crippen molar-refractivity contribution in [1.82, 2.24) is 24.7 Å². The molecule has 2 aromatic rings. The van der Waals surface area contributed by atoms with Crippen LogP contribution in [0.2, 0.25) is 10.0 Å². The highest BCUT2D eigenvalue weighted by Crippen LogP contribution is 2.35. The third-order valence-corrected chi connectivity index (χ3v) is 8.60. The first-order chi connectivity index (χ1) is 18.9. The molecule has 4 heterocycles. The van der Waals surface area contributed by atoms with Gasteiger partial charge in [0.05, 0.1) is 24.2 Å². The van der Waals surface area contributed by atoms with Gasteiger partial charge < -0.3 is 19.4 Å². The molecule has 0 radical (unpaired) electrons. The van der Waals surface area contributed by atoms with Crippen LogP contribution >= 0.6 is 23.2 Å². The number of hydrogen-bond donors (Lipinski definition) is 0. The molecule has 206 valence electrons. The van der Waals surface area contributed by atoms with Gasteiger partial charge in [-0.2, -0.15) is 15.2 Å². The molecule has 1 aromatic carbocycles. The highest BCUT2D eigenvalue weighted by molar-refractivity contribution is 6.35. The van der Waals surface area contributed by atoms with E-state index in [4.69, 9.17) is 37.9 Å². The van der Waals surface area contributed by atoms with Crippen LogP contribution < -0.4 is 9.64 Å². The molecule has 1 amide bonds. The van der Waals surface area contributed by atoms with Gasteiger partial charge in [0.25, 0.3) is 0 Å². The first kappa shape index (κ1) is 27.7. The van der Waals surface area contributed by atoms with Gasteiger partial charge in [-0.15, -0.1) is 0 Å². The minimum absolute atomic E-state index is 0.157. The molecule has 2 atom stereocenters. The zero-order chi connectivity index (χ0) is 27.5. The summed E-state index contributed by atoms with van der Waals surface area (Å²) in [6.45, 7) is 8.62. The van der Waals surface area contributed by atoms with Gasteiger partial charge in [-0.3, -0.25) is 9.69 Å². The number of likely N-dealkylation sites (N-methyl/N-ethyl adjacent to an activating group) is 1. The van der Waals surface area contributed by atoms with Gasteiger partial charge in [-0.05, 0) is 44.6 Å². The van der Waals surface area contributed by atoms with E-state index in [1.165, 1.54) is 6.08 Å². The molecule has 3 aliphatic rings. The van der Waals surface area contributed by atoms with Crippen LogP contribution in [0.25, 0.3) is 0 Å². The Labute approximate surface area is 239 Å². The summed E-state index contributed by atoms with van der Waals surface area (Å²) in [6.07, 6.45) is 3.80. The van der Waals surface area contributed by atoms with Crippen molar-refractivity contribution in [1.29, 1.82) is 5.26 Å². The van der Waals surface area contributed by atoms with Crippen LogP contribution in [0.5, 0.6) is 6.01 Å². The highest BCUT2D eigenvalue weighted by atomic mass is 35.5. The number of anilines is 1. The van der Waals surface area contributed by atoms with Crippen molar-refractivity contribution in [2.45, 2.75) is 51.0 Å². The molecular formula is C28H33Cl2N7O2. The summed E-state index contributed by atoms with van der Waals surface area (Å²) in [5, 5.41) is 10.7. The lowest BCUT2D eigenvalue weighted by atomic mass is 10.1. The van der Waals surface area contributed by atoms with Crippen molar-refractivity contribution in [2.75, 3.05) is 44.7 Å². The molecule has 0 spiro atoms. The number of hydrogen-bond acceptors (Lipinski definition) is 8. The Hall–Kier alpha value is -2.90. The van der Waals surface area contributed by atoms with E-state index >= 15 is 0 Å². The molecule has 0 bridgehead atoms. The van der Waals surface area contributed by atoms with Crippen molar-refractivity contribution in [3.63, 3.8) is 0 Å². The Bertz CT molecular complexity index is 1260. The van der Waals surface area contributed by atoms with Crippen molar-refractivity contribution < 1.29 is 9.53 Å². The van der Waals surface area contributed by atoms with Gasteiger partial charge in [0, 0.05) is 66.5 Å². The summed E-state index contributed by atoms with van der Waals surface area (Å²) >= 11 is 12.9. The van der Waals surface area contributed by atoms with Crippen molar-refractivity contribution >= 4 is 34.9 Å². The SMILES string of the molecule is C=CC(=O)N1CCN(c2nc(OC[C@@H]3CCCN3C)nc3c2CN(Cc2c(Cl)cccc2Cl)C3)C[C@@H]1CC#N. The van der Waals surface area contributed by atoms with E-state index in [1.54, 1.807) is 4.90 Å². The number of likely N-dealkylation sites (tertiary alicyclic amines) is 1. The normalized spacial score (nSPS) is 21.6. The molecule has 0 aliphatic carbocycles. The lowest BCUT2D eigenvalue weighted by Gasteiger charge is -2.41. The molecule has 5 rings (SSSR count). The Balaban J connectivity index is 1.42. The second-order valence-corrected chi connectivity index (χ2v) is 11.2. The smallest absolute Gasteiger partial charge is 0.318 e. The summed E-state index contributed by atoms with van der Waals surface area (Å²) in [5.41, 5.74) is 2.83. The average Bonchev–Trinajstić information content (AvgIpc) is 3.54. The Morgan fingerprint density at radius 3 is 2.69 bits per heavy atom. The fraction of sp³-hybridized carbons (Fsp3) is 0.500. The quantitative estimate of drug-likeness (QED) is 0.442. The summed E-state index contributed by atoms with van der Waals surface area (Å²) < 4.78 is 6.18. The van der Waals surface area contributed by atoms with Gasteiger partial charge >= 0.3 is 6.01 Å². The number of nitrogens with zero attached hydrogens (tertiary/aromatic N) is 7. The number of rotatable bonds is 8. The second-order valence-electron chi connectivity index (χ2n) is 10.4. The number of ether oxygens (including phenoxy) is 1. The minimum atomic E-state index is -0.254. The third-order valence-electron chi connectivity index (χ3n) is 7.89. The van der Waals surface area contributed by atoms with E-state index in [2.05, 4.69) is 34.4 Å². The molecule has 9 nitrogen and oxygen atoms in total. The number of carbonyl (C=O) groups is 1. The van der Waals surface area contributed by atoms with Crippen molar-refractivity contribution in [3.8, 4) is 12.1 Å². The second kappa shape index (κ2) is 12.1. The van der Waals surface area contributed by atoms with E-state index in [0.29, 0.717) is 68.0 Å². The molecule has 0 saturated carbocycles. The highest BCUT2D eigenvalue weighted by Gasteiger charge is 2.34. The number of piperazine rings is 1. The third kappa shape index (κ3) is 5.99. The van der Waals surface area contributed by atoms with Gasteiger partial charge in [-0.1, -0.05) is 35.8 Å². The zero-order valence-electron chi connectivity index (χ0n) is 22.2. The molecular weight excluding hydrogens is 537 g/mol. The number of aromatic nitrogens is 2. The Morgan fingerprint density at radius 2 is 2.00 bits per heavy atom. The predicted molar refractivity (Wildman–Crippen MR) is 151 cm³/mol. The Morgan fingerprint density at radius 1 is 1.21 bits per heavy atom. The lowest BCUT2D eigenvalue weighted by Crippen LogP contribution is -2.55. The van der Waals surface area contributed by atoms with Crippen LogP contribution in [0.15, 0.2) is 30.9 Å². The van der Waals surface area contributed by atoms with E-state index in [9.17, 15) is 10.1 Å². The molecule has 2 saturated heterocycles. The van der Waals surface area contributed by atoms with Gasteiger partial charge in [0.1, 0.15) is 12.4 Å². The molecule has 39 heavy (non-hydrogen) atoms. The molecule has 2 fully saturated rings. The summed E-state index contributed by atoms with van der Waals surface area (Å²) in [6, 6.07) is 8.23. The maximum Gasteiger partial charge on any atom is 0.318 e. The molecule has 3 aliphatic heterocycles. The molecule has 11 heteroatoms. The average molecular weight is 571 g/mol. The maximum absolute atomic E-state index is 12.4. The first-order valence-corrected chi connectivity index (χ1v) is 14.1. The van der Waals surface area contributed by atoms with Crippen LogP contribution in [-0.4, -0.2) is 82.5 Å². The lowest BCUT2D eigenvalue weighted by molar-refractivity contribution is -0.128. The standard InChI is InChI=1S/C28H33Cl2N7O2/c1-3-26(38)37-13-12-36(14-19(37)9-10-31)27-22-16-35(15-21-23(29)7-4-8-24(21)30)17-25(22)32-28(33-27)39-18-20-6-5-11-34(20)2/h3-4,7-8,19-20H,1,5-6,9,11-18H2,2H3/t19-,20-/m0/s1. The van der Waals surface area contributed by atoms with Gasteiger partial charge in [0.2, 0.25) is 5.91 Å². The van der Waals surface area contributed by atoms with E-state index in [0.717, 1.165) is 42.0 Å². The monoisotopic (exact) mass is 569 g/mol. The van der Waals surface area contributed by atoms with Gasteiger partial charge in [-0.25, -0.2) is 0 Å². The minimum Gasteiger partial charge on any atom is -0.462 e. The summed E-state index contributed by atoms with van der Waals surface area (Å²) in [4.78, 5) is 30.6. The fourth-order valence-corrected chi connectivity index (χ4v) is 6.24. The largest absolute Gasteiger partial charge is 0.462 e. The first-order valence-electron chi connectivity index (χ1n) is 13.3. The van der Waals surface area contributed by atoms with Crippen LogP contribution in [0.1, 0.15) is 36.1 Å². The molecule has 1 aromatic heterocycles.